The number of fused-ring (bicyclic) bond motifs is 1. The number of aromatic nitrogens is 2. The van der Waals surface area contributed by atoms with Crippen molar-refractivity contribution < 1.29 is 12.8 Å². The van der Waals surface area contributed by atoms with Crippen molar-refractivity contribution in [1.82, 2.24) is 9.55 Å². The minimum atomic E-state index is -3.90. The van der Waals surface area contributed by atoms with Crippen LogP contribution >= 0.6 is 11.3 Å². The molecular weight excluding hydrogens is 342 g/mol. The van der Waals surface area contributed by atoms with Crippen molar-refractivity contribution in [3.05, 3.63) is 50.2 Å². The van der Waals surface area contributed by atoms with E-state index >= 15 is 0 Å². The maximum atomic E-state index is 12.4. The maximum absolute atomic E-state index is 12.4. The Bertz CT molecular complexity index is 1120. The maximum Gasteiger partial charge on any atom is 0.422 e. The molecule has 0 radical (unpaired) electrons. The molecule has 0 fully saturated rings. The first-order valence-electron chi connectivity index (χ1n) is 6.37. The lowest BCUT2D eigenvalue weighted by molar-refractivity contribution is 0.432. The third-order valence-electron chi connectivity index (χ3n) is 3.15. The Hall–Kier alpha value is -2.46. The van der Waals surface area contributed by atoms with Gasteiger partial charge in [-0.2, -0.15) is 0 Å². The average molecular weight is 353 g/mol. The summed E-state index contributed by atoms with van der Waals surface area (Å²) in [6, 6.07) is 3.86. The lowest BCUT2D eigenvalue weighted by Crippen LogP contribution is -2.23. The van der Waals surface area contributed by atoms with Crippen LogP contribution in [0.15, 0.2) is 42.5 Å². The van der Waals surface area contributed by atoms with E-state index < -0.39 is 21.4 Å². The van der Waals surface area contributed by atoms with Crippen LogP contribution in [0, 0.1) is 6.92 Å². The summed E-state index contributed by atoms with van der Waals surface area (Å²) in [5.41, 5.74) is 0.0994. The number of thiazole rings is 1. The second kappa shape index (κ2) is 5.32. The highest BCUT2D eigenvalue weighted by Gasteiger charge is 2.18. The van der Waals surface area contributed by atoms with Gasteiger partial charge in [0.1, 0.15) is 0 Å². The summed E-state index contributed by atoms with van der Waals surface area (Å²) < 4.78 is 32.8. The minimum Gasteiger partial charge on any atom is -0.372 e. The molecule has 23 heavy (non-hydrogen) atoms. The number of aryl methyl sites for hydroxylation is 2. The van der Waals surface area contributed by atoms with Crippen molar-refractivity contribution >= 4 is 37.4 Å². The summed E-state index contributed by atoms with van der Waals surface area (Å²) >= 11 is 1.16. The van der Waals surface area contributed by atoms with E-state index in [0.29, 0.717) is 5.69 Å². The van der Waals surface area contributed by atoms with Gasteiger partial charge in [-0.3, -0.25) is 9.29 Å². The fourth-order valence-corrected chi connectivity index (χ4v) is 3.98. The van der Waals surface area contributed by atoms with E-state index in [1.165, 1.54) is 25.2 Å². The molecule has 0 saturated carbocycles. The van der Waals surface area contributed by atoms with Crippen LogP contribution in [0.2, 0.25) is 0 Å². The zero-order chi connectivity index (χ0) is 16.8. The Morgan fingerprint density at radius 1 is 1.30 bits per heavy atom. The third kappa shape index (κ3) is 2.78. The number of hydrogen-bond donors (Lipinski definition) is 1. The highest BCUT2D eigenvalue weighted by atomic mass is 32.2. The van der Waals surface area contributed by atoms with Crippen molar-refractivity contribution in [2.45, 2.75) is 11.8 Å². The molecule has 2 aromatic heterocycles. The number of benzene rings is 1. The molecule has 0 amide bonds. The fraction of sp³-hybridized carbons (Fsp3) is 0.154. The quantitative estimate of drug-likeness (QED) is 0.753. The van der Waals surface area contributed by atoms with Crippen LogP contribution in [-0.4, -0.2) is 18.0 Å². The monoisotopic (exact) mass is 353 g/mol. The molecule has 3 aromatic rings. The van der Waals surface area contributed by atoms with Gasteiger partial charge < -0.3 is 4.42 Å². The first kappa shape index (κ1) is 15.4. The standard InChI is InChI=1S/C13H11N3O5S2/c1-7-6-22-12(14-7)15-23(19,20)8-3-4-10-9(5-8)11(17)21-13(18)16(10)2/h3-6H,1-2H3,(H,14,15). The topological polar surface area (TPSA) is 111 Å². The highest BCUT2D eigenvalue weighted by Crippen LogP contribution is 2.21. The molecule has 0 saturated heterocycles. The van der Waals surface area contributed by atoms with Gasteiger partial charge in [-0.1, -0.05) is 0 Å². The van der Waals surface area contributed by atoms with E-state index in [1.807, 2.05) is 0 Å². The molecule has 120 valence electrons. The minimum absolute atomic E-state index is 0.00490. The van der Waals surface area contributed by atoms with Crippen molar-refractivity contribution in [2.24, 2.45) is 7.05 Å². The van der Waals surface area contributed by atoms with Gasteiger partial charge >= 0.3 is 11.4 Å². The van der Waals surface area contributed by atoms with E-state index in [2.05, 4.69) is 14.1 Å². The van der Waals surface area contributed by atoms with E-state index in [9.17, 15) is 18.0 Å². The molecule has 0 atom stereocenters. The lowest BCUT2D eigenvalue weighted by Gasteiger charge is -2.07. The molecule has 0 spiro atoms. The molecule has 0 aliphatic carbocycles. The Morgan fingerprint density at radius 3 is 2.70 bits per heavy atom. The van der Waals surface area contributed by atoms with Crippen molar-refractivity contribution in [3.63, 3.8) is 0 Å². The van der Waals surface area contributed by atoms with Crippen LogP contribution in [-0.2, 0) is 17.1 Å². The van der Waals surface area contributed by atoms with E-state index in [1.54, 1.807) is 12.3 Å². The van der Waals surface area contributed by atoms with Crippen LogP contribution in [0.1, 0.15) is 5.69 Å². The van der Waals surface area contributed by atoms with Gasteiger partial charge in [-0.15, -0.1) is 11.3 Å². The Labute approximate surface area is 134 Å². The van der Waals surface area contributed by atoms with Crippen LogP contribution in [0.4, 0.5) is 5.13 Å². The van der Waals surface area contributed by atoms with Gasteiger partial charge in [0.15, 0.2) is 5.13 Å². The fourth-order valence-electron chi connectivity index (χ4n) is 2.01. The second-order valence-electron chi connectivity index (χ2n) is 4.79. The van der Waals surface area contributed by atoms with Crippen molar-refractivity contribution in [1.29, 1.82) is 0 Å². The summed E-state index contributed by atoms with van der Waals surface area (Å²) in [4.78, 5) is 27.1. The molecule has 2 heterocycles. The average Bonchev–Trinajstić information content (AvgIpc) is 2.89. The van der Waals surface area contributed by atoms with Gasteiger partial charge in [0.05, 0.1) is 21.5 Å². The van der Waals surface area contributed by atoms with E-state index in [0.717, 1.165) is 15.9 Å². The normalized spacial score (nSPS) is 11.7. The number of nitrogens with one attached hydrogen (secondary N) is 1. The molecule has 1 N–H and O–H groups in total. The van der Waals surface area contributed by atoms with Gasteiger partial charge in [0, 0.05) is 12.4 Å². The van der Waals surface area contributed by atoms with Gasteiger partial charge in [0.2, 0.25) is 0 Å². The Morgan fingerprint density at radius 2 is 2.04 bits per heavy atom. The lowest BCUT2D eigenvalue weighted by atomic mass is 10.2. The molecule has 0 unspecified atom stereocenters. The largest absolute Gasteiger partial charge is 0.422 e. The summed E-state index contributed by atoms with van der Waals surface area (Å²) in [6.07, 6.45) is 0. The molecule has 8 nitrogen and oxygen atoms in total. The van der Waals surface area contributed by atoms with Crippen LogP contribution in [0.25, 0.3) is 10.9 Å². The smallest absolute Gasteiger partial charge is 0.372 e. The summed E-state index contributed by atoms with van der Waals surface area (Å²) in [6.45, 7) is 1.75. The highest BCUT2D eigenvalue weighted by molar-refractivity contribution is 7.93. The zero-order valence-corrected chi connectivity index (χ0v) is 13.7. The summed E-state index contributed by atoms with van der Waals surface area (Å²) in [5, 5.41) is 1.95. The number of rotatable bonds is 3. The first-order chi connectivity index (χ1) is 10.8. The first-order valence-corrected chi connectivity index (χ1v) is 8.73. The molecule has 1 aromatic carbocycles. The molecule has 0 aliphatic heterocycles. The van der Waals surface area contributed by atoms with Gasteiger partial charge in [0.25, 0.3) is 10.0 Å². The predicted molar refractivity (Wildman–Crippen MR) is 85.4 cm³/mol. The number of nitrogens with zero attached hydrogens (tertiary/aromatic N) is 2. The Balaban J connectivity index is 2.13. The van der Waals surface area contributed by atoms with Crippen molar-refractivity contribution in [2.75, 3.05) is 4.72 Å². The number of anilines is 1. The Kier molecular flexibility index (Phi) is 3.57. The molecular formula is C13H11N3O5S2. The summed E-state index contributed by atoms with van der Waals surface area (Å²) in [7, 11) is -2.47. The van der Waals surface area contributed by atoms with Crippen LogP contribution in [0.3, 0.4) is 0 Å². The molecule has 10 heteroatoms. The van der Waals surface area contributed by atoms with Crippen LogP contribution < -0.4 is 16.1 Å². The van der Waals surface area contributed by atoms with E-state index in [4.69, 9.17) is 0 Å². The van der Waals surface area contributed by atoms with Gasteiger partial charge in [-0.25, -0.2) is 23.0 Å². The second-order valence-corrected chi connectivity index (χ2v) is 7.33. The molecule has 0 aliphatic rings. The van der Waals surface area contributed by atoms with Crippen molar-refractivity contribution in [3.8, 4) is 0 Å². The molecule has 0 bridgehead atoms. The van der Waals surface area contributed by atoms with E-state index in [-0.39, 0.29) is 20.9 Å². The van der Waals surface area contributed by atoms with Crippen LogP contribution in [0.5, 0.6) is 0 Å². The third-order valence-corrected chi connectivity index (χ3v) is 5.50. The summed E-state index contributed by atoms with van der Waals surface area (Å²) in [5.74, 6) is -0.811. The number of hydrogen-bond acceptors (Lipinski definition) is 7. The van der Waals surface area contributed by atoms with Gasteiger partial charge in [-0.05, 0) is 25.1 Å². The zero-order valence-electron chi connectivity index (χ0n) is 12.1. The SMILES string of the molecule is Cc1csc(NS(=O)(=O)c2ccc3c(c2)c(=O)oc(=O)n3C)n1. The predicted octanol–water partition coefficient (Wildman–Crippen LogP) is 1.06. The number of sulfonamides is 1. The molecule has 3 rings (SSSR count).